The largest absolute Gasteiger partial charge is 0.391 e. The van der Waals surface area contributed by atoms with Crippen LogP contribution in [0.4, 0.5) is 0 Å². The lowest BCUT2D eigenvalue weighted by Crippen LogP contribution is -2.68. The minimum Gasteiger partial charge on any atom is -0.391 e. The first-order valence-electron chi connectivity index (χ1n) is 13.6. The van der Waals surface area contributed by atoms with E-state index < -0.39 is 97.8 Å². The first-order chi connectivity index (χ1) is 18.9. The van der Waals surface area contributed by atoms with Crippen LogP contribution in [0.2, 0.25) is 0 Å². The molecule has 0 aromatic heterocycles. The van der Waals surface area contributed by atoms with E-state index in [-0.39, 0.29) is 6.42 Å². The van der Waals surface area contributed by atoms with Gasteiger partial charge in [0.2, 0.25) is 0 Å². The summed E-state index contributed by atoms with van der Waals surface area (Å²) < 4.78 is 23.6. The van der Waals surface area contributed by atoms with Gasteiger partial charge < -0.3 is 72.1 Å². The van der Waals surface area contributed by atoms with Crippen molar-refractivity contribution in [3.8, 4) is 0 Å². The number of nitrogens with two attached hydrogens (primary N) is 3. The SMILES string of the molecule is C[C@H](N)[C@H]1O[C@@H](OC2C(O)[C@H](NCc3ccccc3)CC(N)[C@H]2O[C@H]2OC([C@@H](C)O)[C@@H](O)C(O)C2N)C(O)C1O. The number of ether oxygens (including phenoxy) is 4. The molecule has 14 heteroatoms. The van der Waals surface area contributed by atoms with Crippen molar-refractivity contribution in [1.29, 1.82) is 0 Å². The van der Waals surface area contributed by atoms with Crippen LogP contribution in [0.3, 0.4) is 0 Å². The number of aliphatic hydroxyl groups is 6. The van der Waals surface area contributed by atoms with Gasteiger partial charge in [-0.3, -0.25) is 0 Å². The number of aliphatic hydroxyl groups excluding tert-OH is 6. The van der Waals surface area contributed by atoms with Gasteiger partial charge in [0, 0.05) is 24.7 Å². The van der Waals surface area contributed by atoms with Crippen molar-refractivity contribution in [1.82, 2.24) is 5.32 Å². The molecular weight excluding hydrogens is 528 g/mol. The number of benzene rings is 1. The molecule has 13 N–H and O–H groups in total. The summed E-state index contributed by atoms with van der Waals surface area (Å²) in [6.07, 6.45) is -15.0. The van der Waals surface area contributed by atoms with Gasteiger partial charge in [0.25, 0.3) is 0 Å². The normalized spacial score (nSPS) is 45.8. The van der Waals surface area contributed by atoms with Crippen LogP contribution in [0.5, 0.6) is 0 Å². The van der Waals surface area contributed by atoms with Crippen LogP contribution >= 0.6 is 0 Å². The fourth-order valence-electron chi connectivity index (χ4n) is 5.58. The highest BCUT2D eigenvalue weighted by Crippen LogP contribution is 2.33. The zero-order chi connectivity index (χ0) is 29.3. The molecule has 4 rings (SSSR count). The third-order valence-corrected chi connectivity index (χ3v) is 7.95. The van der Waals surface area contributed by atoms with Crippen LogP contribution in [0.15, 0.2) is 30.3 Å². The molecule has 1 aromatic carbocycles. The van der Waals surface area contributed by atoms with Crippen LogP contribution < -0.4 is 22.5 Å². The Morgan fingerprint density at radius 2 is 1.45 bits per heavy atom. The number of hydrogen-bond donors (Lipinski definition) is 10. The molecule has 0 radical (unpaired) electrons. The van der Waals surface area contributed by atoms with Crippen molar-refractivity contribution in [3.05, 3.63) is 35.9 Å². The summed E-state index contributed by atoms with van der Waals surface area (Å²) in [6, 6.07) is 6.38. The Morgan fingerprint density at radius 3 is 2.05 bits per heavy atom. The van der Waals surface area contributed by atoms with E-state index >= 15 is 0 Å². The van der Waals surface area contributed by atoms with E-state index in [9.17, 15) is 30.6 Å². The van der Waals surface area contributed by atoms with Crippen molar-refractivity contribution in [2.45, 2.75) is 125 Å². The van der Waals surface area contributed by atoms with Crippen LogP contribution in [0.25, 0.3) is 0 Å². The minimum atomic E-state index is -1.48. The third kappa shape index (κ3) is 6.66. The molecule has 228 valence electrons. The summed E-state index contributed by atoms with van der Waals surface area (Å²) >= 11 is 0. The molecule has 8 unspecified atom stereocenters. The first-order valence-corrected chi connectivity index (χ1v) is 13.6. The van der Waals surface area contributed by atoms with E-state index in [0.29, 0.717) is 6.54 Å². The van der Waals surface area contributed by atoms with Gasteiger partial charge in [-0.2, -0.15) is 0 Å². The molecule has 1 aliphatic carbocycles. The summed E-state index contributed by atoms with van der Waals surface area (Å²) in [6.45, 7) is 3.43. The van der Waals surface area contributed by atoms with Crippen molar-refractivity contribution in [2.75, 3.05) is 0 Å². The highest BCUT2D eigenvalue weighted by Gasteiger charge is 2.53. The maximum Gasteiger partial charge on any atom is 0.187 e. The number of rotatable bonds is 9. The third-order valence-electron chi connectivity index (χ3n) is 7.95. The topological polar surface area (TPSA) is 248 Å². The Bertz CT molecular complexity index is 932. The maximum atomic E-state index is 11.5. The molecule has 40 heavy (non-hydrogen) atoms. The van der Waals surface area contributed by atoms with E-state index in [2.05, 4.69) is 5.32 Å². The zero-order valence-electron chi connectivity index (χ0n) is 22.6. The standard InChI is InChI=1S/C26H44N4O10/c1-10(27)21-19(35)20(36)26(37-21)40-24-16(32)14(30-9-12-6-4-3-5-7-12)8-13(28)23(24)39-25-15(29)17(33)18(34)22(38-25)11(2)31/h3-7,10-11,13-26,30-36H,8-9,27-29H2,1-2H3/t10-,11+,13?,14+,15?,16?,17?,18-,19?,20?,21+,22?,23+,24?,25+,26-/m0/s1. The molecule has 0 amide bonds. The minimum absolute atomic E-state index is 0.241. The summed E-state index contributed by atoms with van der Waals surface area (Å²) in [5.41, 5.74) is 19.5. The van der Waals surface area contributed by atoms with Gasteiger partial charge in [-0.25, -0.2) is 0 Å². The Balaban J connectivity index is 1.56. The van der Waals surface area contributed by atoms with E-state index in [0.717, 1.165) is 5.56 Å². The molecular formula is C26H44N4O10. The van der Waals surface area contributed by atoms with Gasteiger partial charge in [0.05, 0.1) is 18.2 Å². The van der Waals surface area contributed by atoms with Crippen molar-refractivity contribution >= 4 is 0 Å². The monoisotopic (exact) mass is 572 g/mol. The molecule has 2 saturated heterocycles. The summed E-state index contributed by atoms with van der Waals surface area (Å²) in [4.78, 5) is 0. The smallest absolute Gasteiger partial charge is 0.187 e. The van der Waals surface area contributed by atoms with Gasteiger partial charge in [-0.1, -0.05) is 30.3 Å². The maximum absolute atomic E-state index is 11.5. The number of hydrogen-bond acceptors (Lipinski definition) is 14. The molecule has 1 aromatic rings. The Morgan fingerprint density at radius 1 is 0.850 bits per heavy atom. The van der Waals surface area contributed by atoms with Gasteiger partial charge in [0.15, 0.2) is 12.6 Å². The fraction of sp³-hybridized carbons (Fsp3) is 0.769. The van der Waals surface area contributed by atoms with Gasteiger partial charge >= 0.3 is 0 Å². The van der Waals surface area contributed by atoms with Crippen LogP contribution in [-0.2, 0) is 25.5 Å². The Hall–Kier alpha value is -1.34. The van der Waals surface area contributed by atoms with Crippen molar-refractivity contribution in [2.24, 2.45) is 17.2 Å². The zero-order valence-corrected chi connectivity index (χ0v) is 22.6. The fourth-order valence-corrected chi connectivity index (χ4v) is 5.58. The van der Waals surface area contributed by atoms with Crippen LogP contribution in [-0.4, -0.2) is 128 Å². The highest BCUT2D eigenvalue weighted by molar-refractivity contribution is 5.15. The predicted molar refractivity (Wildman–Crippen MR) is 140 cm³/mol. The predicted octanol–water partition coefficient (Wildman–Crippen LogP) is -4.04. The summed E-state index contributed by atoms with van der Waals surface area (Å²) in [5.74, 6) is 0. The van der Waals surface area contributed by atoms with Gasteiger partial charge in [-0.05, 0) is 25.8 Å². The molecule has 0 spiro atoms. The molecule has 0 bridgehead atoms. The van der Waals surface area contributed by atoms with E-state index in [1.807, 2.05) is 30.3 Å². The second-order valence-corrected chi connectivity index (χ2v) is 11.1. The molecule has 16 atom stereocenters. The lowest BCUT2D eigenvalue weighted by molar-refractivity contribution is -0.316. The van der Waals surface area contributed by atoms with Gasteiger partial charge in [0.1, 0.15) is 48.8 Å². The Labute approximate surface area is 233 Å². The molecule has 14 nitrogen and oxygen atoms in total. The lowest BCUT2D eigenvalue weighted by atomic mass is 9.83. The van der Waals surface area contributed by atoms with E-state index in [1.54, 1.807) is 6.92 Å². The summed E-state index contributed by atoms with van der Waals surface area (Å²) in [5, 5.41) is 66.6. The summed E-state index contributed by atoms with van der Waals surface area (Å²) in [7, 11) is 0. The highest BCUT2D eigenvalue weighted by atomic mass is 16.7. The van der Waals surface area contributed by atoms with Gasteiger partial charge in [-0.15, -0.1) is 0 Å². The lowest BCUT2D eigenvalue weighted by Gasteiger charge is -2.48. The van der Waals surface area contributed by atoms with Crippen molar-refractivity contribution < 1.29 is 49.6 Å². The van der Waals surface area contributed by atoms with Crippen LogP contribution in [0.1, 0.15) is 25.8 Å². The van der Waals surface area contributed by atoms with Crippen LogP contribution in [0, 0.1) is 0 Å². The van der Waals surface area contributed by atoms with E-state index in [4.69, 9.17) is 36.1 Å². The first kappa shape index (κ1) is 31.6. The average Bonchev–Trinajstić information content (AvgIpc) is 3.20. The molecule has 1 saturated carbocycles. The molecule has 3 fully saturated rings. The molecule has 2 heterocycles. The second kappa shape index (κ2) is 13.3. The molecule has 3 aliphatic rings. The Kier molecular flexibility index (Phi) is 10.5. The average molecular weight is 573 g/mol. The van der Waals surface area contributed by atoms with E-state index in [1.165, 1.54) is 6.92 Å². The quantitative estimate of drug-likeness (QED) is 0.135. The van der Waals surface area contributed by atoms with Crippen molar-refractivity contribution in [3.63, 3.8) is 0 Å². The molecule has 2 aliphatic heterocycles. The second-order valence-electron chi connectivity index (χ2n) is 11.1. The number of nitrogens with one attached hydrogen (secondary N) is 1.